The maximum atomic E-state index is 8.45. The molecule has 0 spiro atoms. The van der Waals surface area contributed by atoms with E-state index in [2.05, 4.69) is 161 Å². The lowest BCUT2D eigenvalue weighted by atomic mass is 9.85. The minimum atomic E-state index is -2.33. The lowest BCUT2D eigenvalue weighted by Gasteiger charge is -2.27. The third-order valence-corrected chi connectivity index (χ3v) is 12.7. The summed E-state index contributed by atoms with van der Waals surface area (Å²) in [5.41, 5.74) is 10.8. The van der Waals surface area contributed by atoms with Crippen molar-refractivity contribution in [2.75, 3.05) is 47.0 Å². The molecule has 0 unspecified atom stereocenters. The van der Waals surface area contributed by atoms with Crippen molar-refractivity contribution in [1.29, 1.82) is 0 Å². The molecule has 0 atom stereocenters. The topological polar surface area (TPSA) is 62.1 Å². The number of benzene rings is 5. The first-order chi connectivity index (χ1) is 32.1. The van der Waals surface area contributed by atoms with Gasteiger partial charge in [-0.25, -0.2) is 9.97 Å². The minimum Gasteiger partial charge on any atom is -0.439 e. The zero-order valence-electron chi connectivity index (χ0n) is 42.1. The fourth-order valence-corrected chi connectivity index (χ4v) is 9.34. The minimum absolute atomic E-state index is 0.132. The first kappa shape index (κ1) is 38.5. The smallest absolute Gasteiger partial charge is 0.219 e. The van der Waals surface area contributed by atoms with Crippen LogP contribution in [-0.4, -0.2) is 41.9 Å². The molecule has 0 fully saturated rings. The molecule has 10 rings (SSSR count). The van der Waals surface area contributed by atoms with Gasteiger partial charge in [0.1, 0.15) is 11.5 Å². The quantitative estimate of drug-likeness (QED) is 0.157. The molecule has 5 heterocycles. The van der Waals surface area contributed by atoms with Crippen molar-refractivity contribution in [3.05, 3.63) is 150 Å². The van der Waals surface area contributed by atoms with Crippen molar-refractivity contribution >= 4 is 55.9 Å². The van der Waals surface area contributed by atoms with E-state index in [-0.39, 0.29) is 17.5 Å². The van der Waals surface area contributed by atoms with Crippen LogP contribution in [0.2, 0.25) is 0 Å². The summed E-state index contributed by atoms with van der Waals surface area (Å²) in [7, 11) is 2.12. The van der Waals surface area contributed by atoms with Crippen molar-refractivity contribution in [2.45, 2.75) is 78.6 Å². The average Bonchev–Trinajstić information content (AvgIpc) is 3.94. The Morgan fingerprint density at radius 2 is 0.938 bits per heavy atom. The van der Waals surface area contributed by atoms with Crippen LogP contribution in [0.5, 0.6) is 23.3 Å². The van der Waals surface area contributed by atoms with Crippen molar-refractivity contribution < 1.29 is 13.6 Å². The number of hydrogen-bond donors (Lipinski definition) is 0. The molecule has 0 N–H and O–H groups in total. The summed E-state index contributed by atoms with van der Waals surface area (Å²) in [5.74, 6) is 2.17. The summed E-state index contributed by atoms with van der Waals surface area (Å²) in [6.45, 7) is 18.1. The molecule has 3 aromatic heterocycles. The number of ether oxygens (including phenoxy) is 2. The molecule has 0 aliphatic carbocycles. The van der Waals surface area contributed by atoms with Crippen LogP contribution in [0, 0.1) is 0 Å². The number of hydrogen-bond acceptors (Lipinski definition) is 8. The summed E-state index contributed by atoms with van der Waals surface area (Å²) in [4.78, 5) is 17.7. The second kappa shape index (κ2) is 15.3. The van der Waals surface area contributed by atoms with Gasteiger partial charge in [0.05, 0.1) is 52.8 Å². The van der Waals surface area contributed by atoms with Gasteiger partial charge in [0.2, 0.25) is 11.8 Å². The highest BCUT2D eigenvalue weighted by molar-refractivity contribution is 6.11. The van der Waals surface area contributed by atoms with Gasteiger partial charge in [-0.05, 0) is 88.0 Å². The normalized spacial score (nSPS) is 15.0. The fraction of sp³-hybridized carbons (Fsp3) is 0.286. The number of pyridine rings is 2. The van der Waals surface area contributed by atoms with Gasteiger partial charge < -0.3 is 33.6 Å². The number of anilines is 6. The van der Waals surface area contributed by atoms with E-state index >= 15 is 0 Å². The van der Waals surface area contributed by atoms with Gasteiger partial charge in [0, 0.05) is 82.5 Å². The molecule has 65 heavy (non-hydrogen) atoms. The van der Waals surface area contributed by atoms with Crippen LogP contribution in [0.15, 0.2) is 134 Å². The Morgan fingerprint density at radius 1 is 0.492 bits per heavy atom. The van der Waals surface area contributed by atoms with E-state index in [1.807, 2.05) is 60.9 Å². The lowest BCUT2D eigenvalue weighted by molar-refractivity contribution is 0.405. The molecule has 2 aliphatic heterocycles. The third-order valence-electron chi connectivity index (χ3n) is 12.7. The van der Waals surface area contributed by atoms with Crippen molar-refractivity contribution in [3.8, 4) is 28.9 Å². The summed E-state index contributed by atoms with van der Waals surface area (Å²) in [5, 5.41) is 2.10. The molecule has 5 aromatic carbocycles. The van der Waals surface area contributed by atoms with E-state index in [0.29, 0.717) is 35.6 Å². The molecule has 0 bridgehead atoms. The van der Waals surface area contributed by atoms with Crippen LogP contribution >= 0.6 is 0 Å². The van der Waals surface area contributed by atoms with E-state index in [0.717, 1.165) is 66.9 Å². The molecular formula is C56H59N7O2. The SMILES string of the molecule is [2H]C([2H])([2H])N1CN(c2ccc3c4ccc(N5CN(C)c6ccccc65)cc4n(-c4cc(Oc5cc(C(C)(C)C)ccn5)c(C(C)(C)C)c(Oc5cc(C(C)(C)C)ccn5)c4)c3c2)c2ccccc21. The highest BCUT2D eigenvalue weighted by Gasteiger charge is 2.31. The average molecular weight is 865 g/mol. The van der Waals surface area contributed by atoms with Gasteiger partial charge in [-0.1, -0.05) is 98.7 Å². The second-order valence-electron chi connectivity index (χ2n) is 20.5. The number of nitrogens with zero attached hydrogens (tertiary/aromatic N) is 7. The summed E-state index contributed by atoms with van der Waals surface area (Å²) in [6, 6.07) is 41.7. The Hall–Kier alpha value is -7.00. The number of rotatable bonds is 7. The van der Waals surface area contributed by atoms with E-state index in [1.165, 1.54) is 10.6 Å². The largest absolute Gasteiger partial charge is 0.439 e. The van der Waals surface area contributed by atoms with Gasteiger partial charge in [-0.15, -0.1) is 0 Å². The second-order valence-corrected chi connectivity index (χ2v) is 20.5. The Bertz CT molecular complexity index is 3170. The van der Waals surface area contributed by atoms with Crippen molar-refractivity contribution in [2.24, 2.45) is 0 Å². The van der Waals surface area contributed by atoms with Crippen LogP contribution < -0.4 is 29.1 Å². The monoisotopic (exact) mass is 864 g/mol. The van der Waals surface area contributed by atoms with Crippen molar-refractivity contribution in [3.63, 3.8) is 0 Å². The van der Waals surface area contributed by atoms with Crippen LogP contribution in [0.4, 0.5) is 34.1 Å². The van der Waals surface area contributed by atoms with Crippen molar-refractivity contribution in [1.82, 2.24) is 14.5 Å². The molecular weight excluding hydrogens is 803 g/mol. The van der Waals surface area contributed by atoms with Gasteiger partial charge in [0.15, 0.2) is 0 Å². The summed E-state index contributed by atoms with van der Waals surface area (Å²) < 4.78 is 41.7. The first-order valence-corrected chi connectivity index (χ1v) is 22.4. The summed E-state index contributed by atoms with van der Waals surface area (Å²) in [6.07, 6.45) is 3.62. The maximum absolute atomic E-state index is 8.45. The molecule has 330 valence electrons. The van der Waals surface area contributed by atoms with Crippen LogP contribution in [0.25, 0.3) is 27.5 Å². The zero-order chi connectivity index (χ0) is 48.1. The third kappa shape index (κ3) is 7.56. The molecule has 0 saturated carbocycles. The Kier molecular flexibility index (Phi) is 9.07. The Labute approximate surface area is 387 Å². The molecule has 0 amide bonds. The number of fused-ring (bicyclic) bond motifs is 5. The van der Waals surface area contributed by atoms with Gasteiger partial charge in [-0.3, -0.25) is 0 Å². The standard InChI is InChI=1S/C56H59N7O2/c1-54(2,3)36-24-26-57-51(28-36)64-49-32-40(33-50(53(49)56(7,8)9)65-52-29-37(25-27-58-52)55(4,5)6)63-47-30-38(61-34-59(10)43-16-12-14-18-45(43)61)20-22-41(47)42-23-21-39(31-48(42)63)62-35-60(11)44-17-13-15-19-46(44)62/h12-33H,34-35H2,1-11H3/i10D3. The number of aromatic nitrogens is 3. The predicted molar refractivity (Wildman–Crippen MR) is 269 cm³/mol. The molecule has 8 aromatic rings. The predicted octanol–water partition coefficient (Wildman–Crippen LogP) is 14.1. The van der Waals surface area contributed by atoms with Crippen LogP contribution in [0.3, 0.4) is 0 Å². The van der Waals surface area contributed by atoms with Gasteiger partial charge in [0.25, 0.3) is 0 Å². The van der Waals surface area contributed by atoms with E-state index in [4.69, 9.17) is 23.6 Å². The molecule has 0 saturated heterocycles. The highest BCUT2D eigenvalue weighted by Crippen LogP contribution is 2.48. The van der Waals surface area contributed by atoms with E-state index in [1.54, 1.807) is 0 Å². The fourth-order valence-electron chi connectivity index (χ4n) is 9.34. The zero-order valence-corrected chi connectivity index (χ0v) is 39.1. The number of para-hydroxylation sites is 4. The van der Waals surface area contributed by atoms with Gasteiger partial charge >= 0.3 is 0 Å². The van der Waals surface area contributed by atoms with Gasteiger partial charge in [-0.2, -0.15) is 0 Å². The first-order valence-electron chi connectivity index (χ1n) is 23.9. The van der Waals surface area contributed by atoms with E-state index in [9.17, 15) is 0 Å². The lowest BCUT2D eigenvalue weighted by Crippen LogP contribution is -2.24. The highest BCUT2D eigenvalue weighted by atomic mass is 16.5. The van der Waals surface area contributed by atoms with Crippen LogP contribution in [0.1, 0.15) is 83.1 Å². The molecule has 9 nitrogen and oxygen atoms in total. The molecule has 9 heteroatoms. The van der Waals surface area contributed by atoms with E-state index < -0.39 is 12.4 Å². The van der Waals surface area contributed by atoms with Crippen LogP contribution in [-0.2, 0) is 16.2 Å². The molecule has 0 radical (unpaired) electrons. The molecule has 2 aliphatic rings. The Morgan fingerprint density at radius 3 is 1.38 bits per heavy atom. The Balaban J connectivity index is 1.24. The maximum Gasteiger partial charge on any atom is 0.219 e. The summed E-state index contributed by atoms with van der Waals surface area (Å²) >= 11 is 0.